The molecule has 4 nitrogen and oxygen atoms in total. The smallest absolute Gasteiger partial charge is 0.405 e. The van der Waals surface area contributed by atoms with Crippen molar-refractivity contribution in [2.24, 2.45) is 0 Å². The van der Waals surface area contributed by atoms with Crippen molar-refractivity contribution in [3.8, 4) is 12.3 Å². The highest BCUT2D eigenvalue weighted by atomic mass is 16.7. The lowest BCUT2D eigenvalue weighted by molar-refractivity contribution is 0.00578. The summed E-state index contributed by atoms with van der Waals surface area (Å²) in [6, 6.07) is 16.3. The maximum absolute atomic E-state index is 5.91. The number of rotatable bonds is 2. The van der Waals surface area contributed by atoms with E-state index in [2.05, 4.69) is 70.9 Å². The van der Waals surface area contributed by atoms with Crippen molar-refractivity contribution in [3.05, 3.63) is 76.8 Å². The summed E-state index contributed by atoms with van der Waals surface area (Å²) in [5.41, 5.74) is 3.68. The first-order valence-corrected chi connectivity index (χ1v) is 12.4. The molecule has 0 saturated carbocycles. The number of benzene rings is 2. The molecule has 0 aromatic heterocycles. The predicted molar refractivity (Wildman–Crippen MR) is 151 cm³/mol. The zero-order chi connectivity index (χ0) is 27.2. The molecule has 0 unspecified atom stereocenters. The van der Waals surface area contributed by atoms with E-state index in [0.717, 1.165) is 5.56 Å². The van der Waals surface area contributed by atoms with Crippen molar-refractivity contribution in [1.29, 1.82) is 0 Å². The van der Waals surface area contributed by atoms with Crippen LogP contribution < -0.4 is 0 Å². The Morgan fingerprint density at radius 3 is 1.64 bits per heavy atom. The lowest BCUT2D eigenvalue weighted by atomic mass is 9.89. The number of terminal acetylenes is 1. The first-order valence-electron chi connectivity index (χ1n) is 12.4. The van der Waals surface area contributed by atoms with E-state index < -0.39 is 0 Å². The number of hydrogen-bond donors (Lipinski definition) is 0. The van der Waals surface area contributed by atoms with Gasteiger partial charge in [0, 0.05) is 5.56 Å². The molecule has 0 bridgehead atoms. The van der Waals surface area contributed by atoms with Gasteiger partial charge >= 0.3 is 14.8 Å². The van der Waals surface area contributed by atoms with Crippen molar-refractivity contribution < 1.29 is 18.6 Å². The van der Waals surface area contributed by atoms with Crippen LogP contribution in [0, 0.1) is 26.2 Å². The molecule has 2 heterocycles. The van der Waals surface area contributed by atoms with Gasteiger partial charge in [-0.1, -0.05) is 59.9 Å². The molecule has 4 rings (SSSR count). The third-order valence-electron chi connectivity index (χ3n) is 7.08. The highest BCUT2D eigenvalue weighted by Gasteiger charge is 2.50. The zero-order valence-corrected chi connectivity index (χ0v) is 23.6. The van der Waals surface area contributed by atoms with Gasteiger partial charge in [-0.15, -0.1) is 6.42 Å². The van der Waals surface area contributed by atoms with E-state index in [1.807, 2.05) is 64.9 Å². The SMILES string of the molecule is C#Cc1cccc(C)c1.CC1(C)O[B]OC1(C)C.Cc1cccc(/C=C/B2OC(C)(C)C(C)(C)O2)c1. The van der Waals surface area contributed by atoms with Gasteiger partial charge in [-0.05, 0) is 92.5 Å². The normalized spacial score (nSPS) is 20.4. The molecule has 36 heavy (non-hydrogen) atoms. The van der Waals surface area contributed by atoms with Crippen molar-refractivity contribution in [2.75, 3.05) is 0 Å². The molecule has 2 aliphatic rings. The van der Waals surface area contributed by atoms with Crippen LogP contribution in [0.15, 0.2) is 54.5 Å². The van der Waals surface area contributed by atoms with Crippen molar-refractivity contribution in [1.82, 2.24) is 0 Å². The average Bonchev–Trinajstić information content (AvgIpc) is 3.14. The Kier molecular flexibility index (Phi) is 9.84. The van der Waals surface area contributed by atoms with Crippen LogP contribution in [-0.4, -0.2) is 37.2 Å². The van der Waals surface area contributed by atoms with Gasteiger partial charge in [0.25, 0.3) is 0 Å². The molecule has 2 fully saturated rings. The first kappa shape index (κ1) is 29.9. The van der Waals surface area contributed by atoms with E-state index >= 15 is 0 Å². The summed E-state index contributed by atoms with van der Waals surface area (Å²) in [5.74, 6) is 4.55. The summed E-state index contributed by atoms with van der Waals surface area (Å²) in [6.07, 6.45) is 7.22. The van der Waals surface area contributed by atoms with Gasteiger partial charge in [-0.2, -0.15) is 0 Å². The largest absolute Gasteiger partial charge is 0.488 e. The van der Waals surface area contributed by atoms with Gasteiger partial charge < -0.3 is 18.6 Å². The van der Waals surface area contributed by atoms with Crippen LogP contribution in [-0.2, 0) is 18.6 Å². The minimum atomic E-state index is -0.269. The van der Waals surface area contributed by atoms with Crippen LogP contribution >= 0.6 is 0 Å². The summed E-state index contributed by atoms with van der Waals surface area (Å²) in [5, 5.41) is 0. The van der Waals surface area contributed by atoms with Gasteiger partial charge in [0.15, 0.2) is 0 Å². The standard InChI is InChI=1S/C15H21BO2.C9H8.C6H12BO2/c1-12-7-6-8-13(11-12)9-10-16-17-14(2,3)15(4,5)18-16;1-3-9-6-4-5-8(2)7-9;1-5(2)6(3,4)9-7-8-5/h6-11H,1-5H3;1,4-7H,2H3;1-4H3/b10-9+;;. The molecular weight excluding hydrogens is 446 g/mol. The molecular formula is C30H41B2O4. The summed E-state index contributed by atoms with van der Waals surface area (Å²) >= 11 is 0. The predicted octanol–water partition coefficient (Wildman–Crippen LogP) is 6.74. The first-order chi connectivity index (χ1) is 16.6. The molecule has 2 aromatic carbocycles. The van der Waals surface area contributed by atoms with Gasteiger partial charge in [0.2, 0.25) is 0 Å². The monoisotopic (exact) mass is 487 g/mol. The van der Waals surface area contributed by atoms with E-state index in [1.165, 1.54) is 24.4 Å². The molecule has 2 aromatic rings. The van der Waals surface area contributed by atoms with Crippen molar-refractivity contribution in [3.63, 3.8) is 0 Å². The topological polar surface area (TPSA) is 36.9 Å². The highest BCUT2D eigenvalue weighted by molar-refractivity contribution is 6.52. The third-order valence-corrected chi connectivity index (χ3v) is 7.08. The number of aryl methyl sites for hydroxylation is 2. The molecule has 6 heteroatoms. The Hall–Kier alpha value is -2.29. The lowest BCUT2D eigenvalue weighted by Gasteiger charge is -2.32. The Morgan fingerprint density at radius 2 is 1.25 bits per heavy atom. The summed E-state index contributed by atoms with van der Waals surface area (Å²) in [4.78, 5) is 0. The van der Waals surface area contributed by atoms with Crippen molar-refractivity contribution >= 4 is 20.9 Å². The van der Waals surface area contributed by atoms with E-state index in [9.17, 15) is 0 Å². The van der Waals surface area contributed by atoms with Gasteiger partial charge in [-0.25, -0.2) is 0 Å². The van der Waals surface area contributed by atoms with E-state index in [4.69, 9.17) is 25.0 Å². The molecule has 1 radical (unpaired) electrons. The quantitative estimate of drug-likeness (QED) is 0.347. The summed E-state index contributed by atoms with van der Waals surface area (Å²) < 4.78 is 22.2. The maximum Gasteiger partial charge on any atom is 0.488 e. The highest BCUT2D eigenvalue weighted by Crippen LogP contribution is 2.37. The Morgan fingerprint density at radius 1 is 0.750 bits per heavy atom. The molecule has 0 atom stereocenters. The van der Waals surface area contributed by atoms with Crippen LogP contribution in [0.5, 0.6) is 0 Å². The van der Waals surface area contributed by atoms with Gasteiger partial charge in [0.05, 0.1) is 22.4 Å². The second kappa shape index (κ2) is 11.8. The number of hydrogen-bond acceptors (Lipinski definition) is 4. The molecule has 0 spiro atoms. The van der Waals surface area contributed by atoms with Gasteiger partial charge in [0.1, 0.15) is 0 Å². The van der Waals surface area contributed by atoms with Crippen LogP contribution in [0.4, 0.5) is 0 Å². The minimum Gasteiger partial charge on any atom is -0.405 e. The lowest BCUT2D eigenvalue weighted by Crippen LogP contribution is -2.41. The Labute approximate surface area is 220 Å². The van der Waals surface area contributed by atoms with E-state index in [0.29, 0.717) is 0 Å². The average molecular weight is 487 g/mol. The Balaban J connectivity index is 0.000000212. The minimum absolute atomic E-state index is 0.187. The maximum atomic E-state index is 5.91. The Bertz CT molecular complexity index is 1050. The third kappa shape index (κ3) is 8.11. The molecule has 2 aliphatic heterocycles. The summed E-state index contributed by atoms with van der Waals surface area (Å²) in [6.45, 7) is 20.4. The van der Waals surface area contributed by atoms with E-state index in [-0.39, 0.29) is 29.5 Å². The molecule has 0 N–H and O–H groups in total. The fourth-order valence-corrected chi connectivity index (χ4v) is 3.21. The van der Waals surface area contributed by atoms with Gasteiger partial charge in [-0.3, -0.25) is 0 Å². The van der Waals surface area contributed by atoms with Crippen LogP contribution in [0.3, 0.4) is 0 Å². The fraction of sp³-hybridized carbons (Fsp3) is 0.467. The van der Waals surface area contributed by atoms with Crippen LogP contribution in [0.25, 0.3) is 6.08 Å². The molecule has 0 aliphatic carbocycles. The fourth-order valence-electron chi connectivity index (χ4n) is 3.21. The second-order valence-electron chi connectivity index (χ2n) is 11.3. The molecule has 191 valence electrons. The molecule has 0 amide bonds. The molecule has 2 saturated heterocycles. The van der Waals surface area contributed by atoms with Crippen LogP contribution in [0.2, 0.25) is 0 Å². The van der Waals surface area contributed by atoms with Crippen molar-refractivity contribution in [2.45, 2.75) is 91.6 Å². The van der Waals surface area contributed by atoms with Crippen LogP contribution in [0.1, 0.15) is 77.6 Å². The summed E-state index contributed by atoms with van der Waals surface area (Å²) in [7, 11) is 1.15. The van der Waals surface area contributed by atoms with E-state index in [1.54, 1.807) is 0 Å². The second-order valence-corrected chi connectivity index (χ2v) is 11.3. The zero-order valence-electron chi connectivity index (χ0n) is 23.6.